The van der Waals surface area contributed by atoms with Gasteiger partial charge in [-0.05, 0) is 23.1 Å². The Hall–Kier alpha value is -2.14. The van der Waals surface area contributed by atoms with Gasteiger partial charge in [-0.15, -0.1) is 0 Å². The average Bonchev–Trinajstić information content (AvgIpc) is 2.35. The second-order valence-electron chi connectivity index (χ2n) is 3.40. The van der Waals surface area contributed by atoms with Gasteiger partial charge in [0.2, 0.25) is 0 Å². The van der Waals surface area contributed by atoms with Crippen molar-refractivity contribution in [2.75, 3.05) is 0 Å². The predicted octanol–water partition coefficient (Wildman–Crippen LogP) is 3.37. The van der Waals surface area contributed by atoms with Crippen molar-refractivity contribution in [1.29, 1.82) is 5.26 Å². The fourth-order valence-corrected chi connectivity index (χ4v) is 1.25. The van der Waals surface area contributed by atoms with Crippen LogP contribution in [0.1, 0.15) is 18.1 Å². The first-order valence-corrected chi connectivity index (χ1v) is 5.08. The number of aliphatic imine (C=N–C) groups is 1. The third kappa shape index (κ3) is 3.21. The van der Waals surface area contributed by atoms with Gasteiger partial charge in [0.1, 0.15) is 11.8 Å². The molecular formula is C14H14N2. The molecule has 2 heteroatoms. The van der Waals surface area contributed by atoms with Gasteiger partial charge in [0.25, 0.3) is 0 Å². The summed E-state index contributed by atoms with van der Waals surface area (Å²) < 4.78 is 0. The smallest absolute Gasteiger partial charge is 0.133 e. The molecular weight excluding hydrogens is 196 g/mol. The molecule has 0 amide bonds. The summed E-state index contributed by atoms with van der Waals surface area (Å²) in [6, 6.07) is 9.97. The minimum Gasteiger partial charge on any atom is -0.246 e. The summed E-state index contributed by atoms with van der Waals surface area (Å²) in [5, 5.41) is 8.51. The van der Waals surface area contributed by atoms with Crippen LogP contribution in [0.25, 0.3) is 5.57 Å². The van der Waals surface area contributed by atoms with E-state index in [1.54, 1.807) is 6.21 Å². The predicted molar refractivity (Wildman–Crippen MR) is 68.1 cm³/mol. The van der Waals surface area contributed by atoms with Gasteiger partial charge in [-0.3, -0.25) is 0 Å². The van der Waals surface area contributed by atoms with Crippen LogP contribution < -0.4 is 0 Å². The Labute approximate surface area is 96.3 Å². The minimum absolute atomic E-state index is 0.188. The maximum atomic E-state index is 8.51. The largest absolute Gasteiger partial charge is 0.246 e. The standard InChI is InChI=1S/C14H14N2/c1-4-13-6-5-7-14(8-13)11(2)10-16-12(3)9-15/h5-8,10H,2-4H2,1H3. The number of hydrogen-bond acceptors (Lipinski definition) is 2. The second kappa shape index (κ2) is 5.67. The zero-order valence-corrected chi connectivity index (χ0v) is 9.40. The number of nitrogens with zero attached hydrogens (tertiary/aromatic N) is 2. The highest BCUT2D eigenvalue weighted by Gasteiger charge is 1.97. The number of rotatable bonds is 4. The van der Waals surface area contributed by atoms with Crippen molar-refractivity contribution < 1.29 is 0 Å². The number of aryl methyl sites for hydroxylation is 1. The number of allylic oxidation sites excluding steroid dienone is 2. The molecule has 16 heavy (non-hydrogen) atoms. The van der Waals surface area contributed by atoms with Crippen LogP contribution >= 0.6 is 0 Å². The SMILES string of the molecule is C=C(C#N)N=CC(=C)c1cccc(CC)c1. The molecule has 0 aliphatic rings. The Kier molecular flexibility index (Phi) is 4.23. The van der Waals surface area contributed by atoms with E-state index in [4.69, 9.17) is 5.26 Å². The zero-order valence-electron chi connectivity index (χ0n) is 9.40. The molecule has 0 saturated carbocycles. The lowest BCUT2D eigenvalue weighted by atomic mass is 10.0. The van der Waals surface area contributed by atoms with Crippen LogP contribution in [0.5, 0.6) is 0 Å². The molecule has 0 radical (unpaired) electrons. The van der Waals surface area contributed by atoms with Crippen molar-refractivity contribution in [2.24, 2.45) is 4.99 Å². The van der Waals surface area contributed by atoms with E-state index in [2.05, 4.69) is 37.2 Å². The van der Waals surface area contributed by atoms with Crippen LogP contribution in [0.15, 0.2) is 48.1 Å². The van der Waals surface area contributed by atoms with Crippen LogP contribution in [0.4, 0.5) is 0 Å². The maximum Gasteiger partial charge on any atom is 0.133 e. The Morgan fingerprint density at radius 3 is 2.88 bits per heavy atom. The molecule has 1 rings (SSSR count). The minimum atomic E-state index is 0.188. The molecule has 0 saturated heterocycles. The molecule has 0 bridgehead atoms. The first kappa shape index (κ1) is 11.9. The molecule has 1 aromatic carbocycles. The highest BCUT2D eigenvalue weighted by Crippen LogP contribution is 2.13. The summed E-state index contributed by atoms with van der Waals surface area (Å²) in [6.45, 7) is 9.48. The topological polar surface area (TPSA) is 36.1 Å². The van der Waals surface area contributed by atoms with Gasteiger partial charge in [0.05, 0.1) is 0 Å². The molecule has 0 spiro atoms. The van der Waals surface area contributed by atoms with Crippen molar-refractivity contribution in [1.82, 2.24) is 0 Å². The molecule has 0 fully saturated rings. The number of hydrogen-bond donors (Lipinski definition) is 0. The van der Waals surface area contributed by atoms with E-state index in [0.717, 1.165) is 17.6 Å². The lowest BCUT2D eigenvalue weighted by Gasteiger charge is -2.02. The van der Waals surface area contributed by atoms with Gasteiger partial charge in [0, 0.05) is 6.21 Å². The Bertz CT molecular complexity index is 476. The van der Waals surface area contributed by atoms with E-state index in [1.807, 2.05) is 18.2 Å². The lowest BCUT2D eigenvalue weighted by Crippen LogP contribution is -1.87. The summed E-state index contributed by atoms with van der Waals surface area (Å²) in [7, 11) is 0. The van der Waals surface area contributed by atoms with Gasteiger partial charge >= 0.3 is 0 Å². The monoisotopic (exact) mass is 210 g/mol. The zero-order chi connectivity index (χ0) is 12.0. The number of nitriles is 1. The van der Waals surface area contributed by atoms with Gasteiger partial charge in [-0.25, -0.2) is 4.99 Å². The summed E-state index contributed by atoms with van der Waals surface area (Å²) in [5.74, 6) is 0. The quantitative estimate of drug-likeness (QED) is 0.554. The van der Waals surface area contributed by atoms with E-state index < -0.39 is 0 Å². The van der Waals surface area contributed by atoms with Crippen molar-refractivity contribution in [3.8, 4) is 6.07 Å². The van der Waals surface area contributed by atoms with Gasteiger partial charge < -0.3 is 0 Å². The molecule has 80 valence electrons. The summed E-state index contributed by atoms with van der Waals surface area (Å²) in [6.07, 6.45) is 2.56. The first-order chi connectivity index (χ1) is 7.67. The Morgan fingerprint density at radius 2 is 2.25 bits per heavy atom. The third-order valence-electron chi connectivity index (χ3n) is 2.21. The van der Waals surface area contributed by atoms with Gasteiger partial charge in [-0.1, -0.05) is 44.3 Å². The Morgan fingerprint density at radius 1 is 1.50 bits per heavy atom. The first-order valence-electron chi connectivity index (χ1n) is 5.08. The summed E-state index contributed by atoms with van der Waals surface area (Å²) in [4.78, 5) is 3.89. The molecule has 0 atom stereocenters. The van der Waals surface area contributed by atoms with Crippen molar-refractivity contribution >= 4 is 11.8 Å². The molecule has 1 aromatic rings. The normalized spacial score (nSPS) is 10.0. The van der Waals surface area contributed by atoms with Crippen LogP contribution in [-0.2, 0) is 6.42 Å². The molecule has 0 N–H and O–H groups in total. The highest BCUT2D eigenvalue weighted by atomic mass is 14.7. The van der Waals surface area contributed by atoms with E-state index in [9.17, 15) is 0 Å². The number of benzene rings is 1. The summed E-state index contributed by atoms with van der Waals surface area (Å²) in [5.41, 5.74) is 3.25. The van der Waals surface area contributed by atoms with Crippen molar-refractivity contribution in [3.05, 3.63) is 54.2 Å². The Balaban J connectivity index is 2.85. The van der Waals surface area contributed by atoms with E-state index in [1.165, 1.54) is 5.56 Å². The molecule has 0 aliphatic carbocycles. The van der Waals surface area contributed by atoms with E-state index in [-0.39, 0.29) is 5.70 Å². The van der Waals surface area contributed by atoms with Crippen LogP contribution in [0, 0.1) is 11.3 Å². The fourth-order valence-electron chi connectivity index (χ4n) is 1.25. The van der Waals surface area contributed by atoms with E-state index in [0.29, 0.717) is 0 Å². The molecule has 0 unspecified atom stereocenters. The molecule has 0 aliphatic heterocycles. The van der Waals surface area contributed by atoms with Crippen LogP contribution in [-0.4, -0.2) is 6.21 Å². The maximum absolute atomic E-state index is 8.51. The van der Waals surface area contributed by atoms with Gasteiger partial charge in [-0.2, -0.15) is 5.26 Å². The highest BCUT2D eigenvalue weighted by molar-refractivity contribution is 6.09. The van der Waals surface area contributed by atoms with E-state index >= 15 is 0 Å². The fraction of sp³-hybridized carbons (Fsp3) is 0.143. The van der Waals surface area contributed by atoms with Crippen molar-refractivity contribution in [3.63, 3.8) is 0 Å². The summed E-state index contributed by atoms with van der Waals surface area (Å²) >= 11 is 0. The van der Waals surface area contributed by atoms with Crippen LogP contribution in [0.3, 0.4) is 0 Å². The molecule has 2 nitrogen and oxygen atoms in total. The van der Waals surface area contributed by atoms with Crippen molar-refractivity contribution in [2.45, 2.75) is 13.3 Å². The molecule has 0 heterocycles. The second-order valence-corrected chi connectivity index (χ2v) is 3.40. The molecule has 0 aromatic heterocycles. The average molecular weight is 210 g/mol. The lowest BCUT2D eigenvalue weighted by molar-refractivity contribution is 1.14. The third-order valence-corrected chi connectivity index (χ3v) is 2.21. The van der Waals surface area contributed by atoms with Crippen LogP contribution in [0.2, 0.25) is 0 Å². The van der Waals surface area contributed by atoms with Gasteiger partial charge in [0.15, 0.2) is 0 Å².